The fourth-order valence-electron chi connectivity index (χ4n) is 2.86. The fourth-order valence-corrected chi connectivity index (χ4v) is 4.65. The number of rotatable bonds is 6. The molecule has 0 fully saturated rings. The van der Waals surface area contributed by atoms with Gasteiger partial charge in [0.25, 0.3) is 5.69 Å². The van der Waals surface area contributed by atoms with Gasteiger partial charge < -0.3 is 5.32 Å². The van der Waals surface area contributed by atoms with Crippen molar-refractivity contribution in [2.75, 3.05) is 11.1 Å². The Labute approximate surface area is 178 Å². The molecule has 2 aromatic carbocycles. The topological polar surface area (TPSA) is 98.0 Å². The number of carbonyl (C=O) groups is 1. The molecule has 2 heterocycles. The van der Waals surface area contributed by atoms with Crippen LogP contribution in [-0.4, -0.2) is 26.6 Å². The average molecular weight is 440 g/mol. The highest BCUT2D eigenvalue weighted by atomic mass is 32.2. The highest BCUT2D eigenvalue weighted by Gasteiger charge is 2.17. The van der Waals surface area contributed by atoms with Crippen molar-refractivity contribution in [2.24, 2.45) is 0 Å². The van der Waals surface area contributed by atoms with Gasteiger partial charge >= 0.3 is 0 Å². The fraction of sp³-hybridized carbons (Fsp3) is 0.0500. The molecular weight excluding hydrogens is 427 g/mol. The van der Waals surface area contributed by atoms with E-state index < -0.39 is 4.92 Å². The molecule has 0 aliphatic rings. The van der Waals surface area contributed by atoms with Crippen LogP contribution in [0.25, 0.3) is 21.3 Å². The lowest BCUT2D eigenvalue weighted by molar-refractivity contribution is -0.383. The van der Waals surface area contributed by atoms with Gasteiger partial charge in [0.05, 0.1) is 16.1 Å². The summed E-state index contributed by atoms with van der Waals surface area (Å²) in [5, 5.41) is 17.0. The molecule has 0 unspecified atom stereocenters. The Morgan fingerprint density at radius 3 is 2.70 bits per heavy atom. The molecule has 4 rings (SSSR count). The van der Waals surface area contributed by atoms with Crippen LogP contribution in [0.2, 0.25) is 0 Å². The molecule has 30 heavy (non-hydrogen) atoms. The van der Waals surface area contributed by atoms with Gasteiger partial charge in [-0.05, 0) is 23.8 Å². The molecule has 0 spiro atoms. The monoisotopic (exact) mass is 440 g/mol. The Morgan fingerprint density at radius 1 is 1.17 bits per heavy atom. The summed E-state index contributed by atoms with van der Waals surface area (Å²) in [7, 11) is 0. The van der Waals surface area contributed by atoms with Crippen molar-refractivity contribution in [3.8, 4) is 11.1 Å². The van der Waals surface area contributed by atoms with Crippen LogP contribution < -0.4 is 5.32 Å². The van der Waals surface area contributed by atoms with E-state index in [1.807, 2.05) is 5.38 Å². The molecule has 0 bridgehead atoms. The number of thioether (sulfide) groups is 1. The zero-order valence-corrected chi connectivity index (χ0v) is 16.9. The van der Waals surface area contributed by atoms with Crippen LogP contribution in [0.4, 0.5) is 15.8 Å². The number of nitrogens with one attached hydrogen (secondary N) is 1. The highest BCUT2D eigenvalue weighted by molar-refractivity contribution is 8.00. The molecule has 150 valence electrons. The molecule has 0 atom stereocenters. The van der Waals surface area contributed by atoms with Crippen molar-refractivity contribution < 1.29 is 14.1 Å². The number of aromatic nitrogens is 2. The van der Waals surface area contributed by atoms with Crippen LogP contribution in [-0.2, 0) is 4.79 Å². The second-order valence-corrected chi connectivity index (χ2v) is 7.95. The predicted octanol–water partition coefficient (Wildman–Crippen LogP) is 5.14. The molecule has 1 amide bonds. The maximum atomic E-state index is 13.3. The minimum absolute atomic E-state index is 0.0108. The number of benzene rings is 2. The standard InChI is InChI=1S/C20H13FN4O3S2/c21-13-7-5-12(6-8-13)14-9-29-19-18(14)20(23-11-22-19)30-10-17(26)24-15-3-1-2-4-16(15)25(27)28/h1-9,11H,10H2,(H,24,26). The maximum absolute atomic E-state index is 13.3. The van der Waals surface area contributed by atoms with Crippen molar-refractivity contribution in [2.45, 2.75) is 5.03 Å². The lowest BCUT2D eigenvalue weighted by atomic mass is 10.1. The Bertz CT molecular complexity index is 1240. The smallest absolute Gasteiger partial charge is 0.292 e. The average Bonchev–Trinajstić information content (AvgIpc) is 3.18. The summed E-state index contributed by atoms with van der Waals surface area (Å²) in [6.07, 6.45) is 1.43. The summed E-state index contributed by atoms with van der Waals surface area (Å²) in [4.78, 5) is 32.3. The van der Waals surface area contributed by atoms with E-state index in [-0.39, 0.29) is 28.9 Å². The number of nitro benzene ring substituents is 1. The number of para-hydroxylation sites is 2. The van der Waals surface area contributed by atoms with Crippen LogP contribution in [0.1, 0.15) is 0 Å². The number of halogens is 1. The van der Waals surface area contributed by atoms with Gasteiger partial charge in [0.1, 0.15) is 27.7 Å². The molecule has 0 saturated heterocycles. The third-order valence-electron chi connectivity index (χ3n) is 4.21. The second kappa shape index (κ2) is 8.56. The molecule has 7 nitrogen and oxygen atoms in total. The first kappa shape index (κ1) is 19.9. The van der Waals surface area contributed by atoms with Crippen molar-refractivity contribution in [3.63, 3.8) is 0 Å². The number of nitrogens with zero attached hydrogens (tertiary/aromatic N) is 3. The normalized spacial score (nSPS) is 10.8. The van der Waals surface area contributed by atoms with E-state index >= 15 is 0 Å². The van der Waals surface area contributed by atoms with Crippen molar-refractivity contribution in [1.29, 1.82) is 0 Å². The number of amides is 1. The first-order chi connectivity index (χ1) is 14.5. The molecule has 0 aliphatic carbocycles. The van der Waals surface area contributed by atoms with E-state index in [0.717, 1.165) is 21.3 Å². The Balaban J connectivity index is 1.56. The van der Waals surface area contributed by atoms with Gasteiger partial charge in [-0.15, -0.1) is 11.3 Å². The Kier molecular flexibility index (Phi) is 5.68. The first-order valence-electron chi connectivity index (χ1n) is 8.67. The number of anilines is 1. The van der Waals surface area contributed by atoms with Crippen LogP contribution in [0.5, 0.6) is 0 Å². The third kappa shape index (κ3) is 4.14. The van der Waals surface area contributed by atoms with Crippen molar-refractivity contribution >= 4 is 50.6 Å². The van der Waals surface area contributed by atoms with Crippen LogP contribution >= 0.6 is 23.1 Å². The van der Waals surface area contributed by atoms with Gasteiger partial charge in [-0.3, -0.25) is 14.9 Å². The molecule has 0 radical (unpaired) electrons. The summed E-state index contributed by atoms with van der Waals surface area (Å²) >= 11 is 2.64. The van der Waals surface area contributed by atoms with Gasteiger partial charge in [0.15, 0.2) is 0 Å². The molecule has 0 saturated carbocycles. The highest BCUT2D eigenvalue weighted by Crippen LogP contribution is 2.38. The second-order valence-electron chi connectivity index (χ2n) is 6.13. The molecule has 2 aromatic heterocycles. The quantitative estimate of drug-likeness (QED) is 0.193. The van der Waals surface area contributed by atoms with Gasteiger partial charge in [-0.2, -0.15) is 0 Å². The van der Waals surface area contributed by atoms with E-state index in [1.165, 1.54) is 59.8 Å². The number of thiophene rings is 1. The van der Waals surface area contributed by atoms with Crippen molar-refractivity contribution in [1.82, 2.24) is 9.97 Å². The van der Waals surface area contributed by atoms with E-state index in [0.29, 0.717) is 5.03 Å². The molecular formula is C20H13FN4O3S2. The molecule has 1 N–H and O–H groups in total. The Hall–Kier alpha value is -3.37. The zero-order chi connectivity index (χ0) is 21.1. The van der Waals surface area contributed by atoms with Crippen LogP contribution in [0, 0.1) is 15.9 Å². The number of fused-ring (bicyclic) bond motifs is 1. The van der Waals surface area contributed by atoms with Gasteiger partial charge in [-0.1, -0.05) is 36.0 Å². The number of hydrogen-bond donors (Lipinski definition) is 1. The van der Waals surface area contributed by atoms with E-state index in [4.69, 9.17) is 0 Å². The van der Waals surface area contributed by atoms with Gasteiger partial charge in [0, 0.05) is 17.0 Å². The van der Waals surface area contributed by atoms with Gasteiger partial charge in [-0.25, -0.2) is 14.4 Å². The Morgan fingerprint density at radius 2 is 1.93 bits per heavy atom. The zero-order valence-electron chi connectivity index (χ0n) is 15.2. The van der Waals surface area contributed by atoms with Crippen LogP contribution in [0.3, 0.4) is 0 Å². The summed E-state index contributed by atoms with van der Waals surface area (Å²) in [5.74, 6) is -0.702. The number of nitro groups is 1. The summed E-state index contributed by atoms with van der Waals surface area (Å²) < 4.78 is 13.3. The maximum Gasteiger partial charge on any atom is 0.292 e. The first-order valence-corrected chi connectivity index (χ1v) is 10.5. The predicted molar refractivity (Wildman–Crippen MR) is 115 cm³/mol. The SMILES string of the molecule is O=C(CSc1ncnc2scc(-c3ccc(F)cc3)c12)Nc1ccccc1[N+](=O)[O-]. The van der Waals surface area contributed by atoms with E-state index in [1.54, 1.807) is 18.2 Å². The molecule has 0 aliphatic heterocycles. The van der Waals surface area contributed by atoms with Crippen molar-refractivity contribution in [3.05, 3.63) is 76.2 Å². The summed E-state index contributed by atoms with van der Waals surface area (Å²) in [6, 6.07) is 12.1. The lowest BCUT2D eigenvalue weighted by Gasteiger charge is -2.07. The summed E-state index contributed by atoms with van der Waals surface area (Å²) in [6.45, 7) is 0. The van der Waals surface area contributed by atoms with E-state index in [9.17, 15) is 19.3 Å². The molecule has 10 heteroatoms. The summed E-state index contributed by atoms with van der Waals surface area (Å²) in [5.41, 5.74) is 1.65. The lowest BCUT2D eigenvalue weighted by Crippen LogP contribution is -2.15. The molecule has 4 aromatic rings. The third-order valence-corrected chi connectivity index (χ3v) is 6.08. The van der Waals surface area contributed by atoms with Crippen LogP contribution in [0.15, 0.2) is 65.3 Å². The van der Waals surface area contributed by atoms with E-state index in [2.05, 4.69) is 15.3 Å². The minimum Gasteiger partial charge on any atom is -0.320 e. The minimum atomic E-state index is -0.545. The largest absolute Gasteiger partial charge is 0.320 e. The number of hydrogen-bond acceptors (Lipinski definition) is 7. The van der Waals surface area contributed by atoms with Gasteiger partial charge in [0.2, 0.25) is 5.91 Å². The number of carbonyl (C=O) groups excluding carboxylic acids is 1.